The third kappa shape index (κ3) is 3.54. The van der Waals surface area contributed by atoms with Gasteiger partial charge in [-0.3, -0.25) is 9.69 Å². The van der Waals surface area contributed by atoms with Crippen LogP contribution in [0.15, 0.2) is 22.7 Å². The zero-order chi connectivity index (χ0) is 13.8. The summed E-state index contributed by atoms with van der Waals surface area (Å²) >= 11 is 3.12. The number of halogens is 2. The molecule has 104 valence electrons. The molecule has 1 aliphatic rings. The van der Waals surface area contributed by atoms with E-state index < -0.39 is 12.0 Å². The van der Waals surface area contributed by atoms with Gasteiger partial charge in [0.15, 0.2) is 0 Å². The number of rotatable bonds is 3. The average Bonchev–Trinajstić information content (AvgIpc) is 2.62. The molecule has 3 nitrogen and oxygen atoms in total. The van der Waals surface area contributed by atoms with Gasteiger partial charge in [0.05, 0.1) is 4.47 Å². The zero-order valence-corrected chi connectivity index (χ0v) is 12.2. The van der Waals surface area contributed by atoms with E-state index in [9.17, 15) is 14.3 Å². The molecule has 1 aliphatic heterocycles. The van der Waals surface area contributed by atoms with E-state index in [0.29, 0.717) is 10.0 Å². The molecule has 1 aromatic rings. The van der Waals surface area contributed by atoms with Crippen molar-refractivity contribution in [3.63, 3.8) is 0 Å². The minimum atomic E-state index is -0.875. The summed E-state index contributed by atoms with van der Waals surface area (Å²) in [7, 11) is 0. The number of aliphatic carboxylic acids is 1. The Bertz CT molecular complexity index is 459. The Morgan fingerprint density at radius 2 is 1.89 bits per heavy atom. The van der Waals surface area contributed by atoms with Gasteiger partial charge in [0.2, 0.25) is 0 Å². The van der Waals surface area contributed by atoms with E-state index in [-0.39, 0.29) is 5.82 Å². The molecule has 1 unspecified atom stereocenters. The maximum Gasteiger partial charge on any atom is 0.325 e. The van der Waals surface area contributed by atoms with Crippen molar-refractivity contribution in [2.24, 2.45) is 0 Å². The quantitative estimate of drug-likeness (QED) is 0.921. The van der Waals surface area contributed by atoms with Crippen LogP contribution in [0, 0.1) is 5.82 Å². The van der Waals surface area contributed by atoms with Crippen molar-refractivity contribution < 1.29 is 14.3 Å². The molecule has 1 atom stereocenters. The van der Waals surface area contributed by atoms with Gasteiger partial charge in [0, 0.05) is 0 Å². The van der Waals surface area contributed by atoms with Crippen LogP contribution in [0.2, 0.25) is 0 Å². The molecule has 0 bridgehead atoms. The van der Waals surface area contributed by atoms with Crippen LogP contribution >= 0.6 is 15.9 Å². The Labute approximate surface area is 120 Å². The molecule has 0 aromatic heterocycles. The topological polar surface area (TPSA) is 40.5 Å². The van der Waals surface area contributed by atoms with Gasteiger partial charge in [-0.15, -0.1) is 0 Å². The second kappa shape index (κ2) is 6.48. The fourth-order valence-electron chi connectivity index (χ4n) is 2.55. The van der Waals surface area contributed by atoms with E-state index in [1.54, 1.807) is 12.1 Å². The molecule has 0 spiro atoms. The standard InChI is InChI=1S/C14H17BrFNO2/c15-11-9-10(5-6-12(11)16)13(14(18)19)17-7-3-1-2-4-8-17/h5-6,9,13H,1-4,7-8H2,(H,18,19). The van der Waals surface area contributed by atoms with Crippen LogP contribution in [0.3, 0.4) is 0 Å². The summed E-state index contributed by atoms with van der Waals surface area (Å²) in [5, 5.41) is 9.48. The predicted molar refractivity (Wildman–Crippen MR) is 74.5 cm³/mol. The molecule has 0 amide bonds. The van der Waals surface area contributed by atoms with Crippen LogP contribution in [0.4, 0.5) is 4.39 Å². The van der Waals surface area contributed by atoms with Crippen LogP contribution in [-0.2, 0) is 4.79 Å². The number of hydrogen-bond donors (Lipinski definition) is 1. The minimum absolute atomic E-state index is 0.311. The van der Waals surface area contributed by atoms with Crippen molar-refractivity contribution in [3.8, 4) is 0 Å². The lowest BCUT2D eigenvalue weighted by Crippen LogP contribution is -2.34. The van der Waals surface area contributed by atoms with Crippen molar-refractivity contribution in [1.82, 2.24) is 4.90 Å². The molecule has 1 saturated heterocycles. The van der Waals surface area contributed by atoms with Crippen LogP contribution in [0.5, 0.6) is 0 Å². The fourth-order valence-corrected chi connectivity index (χ4v) is 2.94. The third-order valence-electron chi connectivity index (χ3n) is 3.50. The zero-order valence-electron chi connectivity index (χ0n) is 10.6. The Morgan fingerprint density at radius 1 is 1.26 bits per heavy atom. The average molecular weight is 330 g/mol. The summed E-state index contributed by atoms with van der Waals surface area (Å²) in [5.41, 5.74) is 0.627. The highest BCUT2D eigenvalue weighted by atomic mass is 79.9. The molecule has 1 heterocycles. The summed E-state index contributed by atoms with van der Waals surface area (Å²) in [6, 6.07) is 3.76. The molecule has 2 rings (SSSR count). The predicted octanol–water partition coefficient (Wildman–Crippen LogP) is 3.59. The fraction of sp³-hybridized carbons (Fsp3) is 0.500. The lowest BCUT2D eigenvalue weighted by atomic mass is 10.0. The van der Waals surface area contributed by atoms with E-state index in [2.05, 4.69) is 15.9 Å². The Balaban J connectivity index is 2.27. The smallest absolute Gasteiger partial charge is 0.325 e. The van der Waals surface area contributed by atoms with Crippen LogP contribution < -0.4 is 0 Å². The number of benzene rings is 1. The van der Waals surface area contributed by atoms with E-state index >= 15 is 0 Å². The normalized spacial score (nSPS) is 18.8. The monoisotopic (exact) mass is 329 g/mol. The molecule has 1 fully saturated rings. The van der Waals surface area contributed by atoms with E-state index in [4.69, 9.17) is 0 Å². The van der Waals surface area contributed by atoms with Crippen molar-refractivity contribution in [1.29, 1.82) is 0 Å². The van der Waals surface area contributed by atoms with Crippen molar-refractivity contribution in [2.75, 3.05) is 13.1 Å². The highest BCUT2D eigenvalue weighted by Crippen LogP contribution is 2.27. The van der Waals surface area contributed by atoms with Crippen LogP contribution in [0.1, 0.15) is 37.3 Å². The first-order valence-electron chi connectivity index (χ1n) is 6.51. The second-order valence-electron chi connectivity index (χ2n) is 4.86. The van der Waals surface area contributed by atoms with Gasteiger partial charge in [-0.2, -0.15) is 0 Å². The van der Waals surface area contributed by atoms with Gasteiger partial charge in [0.25, 0.3) is 0 Å². The highest BCUT2D eigenvalue weighted by molar-refractivity contribution is 9.10. The molecule has 19 heavy (non-hydrogen) atoms. The first-order chi connectivity index (χ1) is 9.09. The number of hydrogen-bond acceptors (Lipinski definition) is 2. The van der Waals surface area contributed by atoms with E-state index in [1.165, 1.54) is 6.07 Å². The molecular formula is C14H17BrFNO2. The van der Waals surface area contributed by atoms with Gasteiger partial charge < -0.3 is 5.11 Å². The molecule has 0 radical (unpaired) electrons. The first kappa shape index (κ1) is 14.5. The van der Waals surface area contributed by atoms with Gasteiger partial charge >= 0.3 is 5.97 Å². The number of carboxylic acids is 1. The number of carboxylic acid groups (broad SMARTS) is 1. The molecule has 0 saturated carbocycles. The lowest BCUT2D eigenvalue weighted by molar-refractivity contribution is -0.143. The van der Waals surface area contributed by atoms with Crippen molar-refractivity contribution >= 4 is 21.9 Å². The van der Waals surface area contributed by atoms with Gasteiger partial charge in [-0.25, -0.2) is 4.39 Å². The molecular weight excluding hydrogens is 313 g/mol. The highest BCUT2D eigenvalue weighted by Gasteiger charge is 2.28. The van der Waals surface area contributed by atoms with Gasteiger partial charge in [-0.05, 0) is 59.6 Å². The van der Waals surface area contributed by atoms with Crippen LogP contribution in [-0.4, -0.2) is 29.1 Å². The van der Waals surface area contributed by atoms with Gasteiger partial charge in [-0.1, -0.05) is 18.9 Å². The SMILES string of the molecule is O=C(O)C(c1ccc(F)c(Br)c1)N1CCCCCC1. The maximum absolute atomic E-state index is 13.3. The number of likely N-dealkylation sites (tertiary alicyclic amines) is 1. The second-order valence-corrected chi connectivity index (χ2v) is 5.72. The summed E-state index contributed by atoms with van der Waals surface area (Å²) < 4.78 is 13.6. The molecule has 5 heteroatoms. The van der Waals surface area contributed by atoms with Gasteiger partial charge in [0.1, 0.15) is 11.9 Å². The minimum Gasteiger partial charge on any atom is -0.480 e. The third-order valence-corrected chi connectivity index (χ3v) is 4.11. The lowest BCUT2D eigenvalue weighted by Gasteiger charge is -2.27. The molecule has 1 N–H and O–H groups in total. The largest absolute Gasteiger partial charge is 0.480 e. The molecule has 1 aromatic carbocycles. The molecule has 0 aliphatic carbocycles. The van der Waals surface area contributed by atoms with Crippen LogP contribution in [0.25, 0.3) is 0 Å². The summed E-state index contributed by atoms with van der Waals surface area (Å²) in [6.45, 7) is 1.57. The summed E-state index contributed by atoms with van der Waals surface area (Å²) in [4.78, 5) is 13.5. The Morgan fingerprint density at radius 3 is 2.42 bits per heavy atom. The first-order valence-corrected chi connectivity index (χ1v) is 7.30. The number of carbonyl (C=O) groups is 1. The Hall–Kier alpha value is -0.940. The number of nitrogens with zero attached hydrogens (tertiary/aromatic N) is 1. The van der Waals surface area contributed by atoms with Crippen molar-refractivity contribution in [3.05, 3.63) is 34.1 Å². The van der Waals surface area contributed by atoms with E-state index in [1.807, 2.05) is 4.90 Å². The van der Waals surface area contributed by atoms with Crippen molar-refractivity contribution in [2.45, 2.75) is 31.7 Å². The maximum atomic E-state index is 13.3. The summed E-state index contributed by atoms with van der Waals surface area (Å²) in [6.07, 6.45) is 4.34. The Kier molecular flexibility index (Phi) is 4.93. The summed E-state index contributed by atoms with van der Waals surface area (Å²) in [5.74, 6) is -1.25. The van der Waals surface area contributed by atoms with E-state index in [0.717, 1.165) is 38.8 Å².